The number of halogens is 2. The largest absolute Gasteiger partial charge is 0.329 e. The van der Waals surface area contributed by atoms with E-state index in [1.54, 1.807) is 0 Å². The minimum Gasteiger partial charge on any atom is -0.329 e. The van der Waals surface area contributed by atoms with Gasteiger partial charge < -0.3 is 5.73 Å². The van der Waals surface area contributed by atoms with E-state index in [4.69, 9.17) is 5.73 Å². The fraction of sp³-hybridized carbons (Fsp3) is 0.600. The number of nitrogens with two attached hydrogens (primary N) is 1. The zero-order chi connectivity index (χ0) is 14.8. The van der Waals surface area contributed by atoms with Crippen LogP contribution in [0.3, 0.4) is 0 Å². The summed E-state index contributed by atoms with van der Waals surface area (Å²) in [4.78, 5) is 2.22. The highest BCUT2D eigenvalue weighted by Gasteiger charge is 2.28. The van der Waals surface area contributed by atoms with E-state index in [1.165, 1.54) is 12.1 Å². The van der Waals surface area contributed by atoms with Crippen molar-refractivity contribution in [1.29, 1.82) is 0 Å². The fourth-order valence-corrected chi connectivity index (χ4v) is 3.71. The van der Waals surface area contributed by atoms with Crippen molar-refractivity contribution in [2.75, 3.05) is 25.4 Å². The van der Waals surface area contributed by atoms with Crippen LogP contribution >= 0.6 is 11.8 Å². The zero-order valence-corrected chi connectivity index (χ0v) is 12.9. The van der Waals surface area contributed by atoms with Crippen LogP contribution in [0.5, 0.6) is 0 Å². The van der Waals surface area contributed by atoms with E-state index in [-0.39, 0.29) is 10.8 Å². The van der Waals surface area contributed by atoms with Crippen LogP contribution in [0.4, 0.5) is 8.78 Å². The van der Waals surface area contributed by atoms with Crippen LogP contribution in [0.15, 0.2) is 18.2 Å². The molecule has 1 aromatic carbocycles. The van der Waals surface area contributed by atoms with Crippen molar-refractivity contribution in [3.63, 3.8) is 0 Å². The van der Waals surface area contributed by atoms with E-state index in [1.807, 2.05) is 11.8 Å². The molecule has 0 saturated carbocycles. The molecule has 1 atom stereocenters. The van der Waals surface area contributed by atoms with E-state index >= 15 is 0 Å². The first-order chi connectivity index (χ1) is 9.43. The molecule has 0 aliphatic carbocycles. The quantitative estimate of drug-likeness (QED) is 0.929. The Hall–Kier alpha value is -0.650. The number of nitrogens with zero attached hydrogens (tertiary/aromatic N) is 1. The minimum absolute atomic E-state index is 0.176. The van der Waals surface area contributed by atoms with E-state index in [9.17, 15) is 8.78 Å². The Labute approximate surface area is 123 Å². The van der Waals surface area contributed by atoms with Crippen LogP contribution in [0.1, 0.15) is 31.9 Å². The second kappa shape index (κ2) is 6.41. The summed E-state index contributed by atoms with van der Waals surface area (Å²) < 4.78 is 27.2. The molecule has 112 valence electrons. The lowest BCUT2D eigenvalue weighted by molar-refractivity contribution is 0.206. The van der Waals surface area contributed by atoms with E-state index in [0.29, 0.717) is 12.1 Å². The molecule has 5 heteroatoms. The van der Waals surface area contributed by atoms with Crippen LogP contribution in [0.25, 0.3) is 0 Å². The van der Waals surface area contributed by atoms with Crippen LogP contribution in [0.2, 0.25) is 0 Å². The summed E-state index contributed by atoms with van der Waals surface area (Å²) in [6, 6.07) is 3.59. The first-order valence-electron chi connectivity index (χ1n) is 6.96. The molecule has 2 N–H and O–H groups in total. The smallest absolute Gasteiger partial charge is 0.130 e. The van der Waals surface area contributed by atoms with Crippen LogP contribution in [0, 0.1) is 11.6 Å². The van der Waals surface area contributed by atoms with E-state index < -0.39 is 11.6 Å². The van der Waals surface area contributed by atoms with Gasteiger partial charge in [0.1, 0.15) is 11.6 Å². The Bertz CT molecular complexity index is 465. The Morgan fingerprint density at radius 3 is 2.75 bits per heavy atom. The molecule has 1 heterocycles. The van der Waals surface area contributed by atoms with Gasteiger partial charge in [-0.05, 0) is 12.5 Å². The van der Waals surface area contributed by atoms with Gasteiger partial charge in [-0.2, -0.15) is 11.8 Å². The summed E-state index contributed by atoms with van der Waals surface area (Å²) in [7, 11) is 0. The second-order valence-electron chi connectivity index (χ2n) is 5.81. The molecule has 1 saturated heterocycles. The Morgan fingerprint density at radius 2 is 2.10 bits per heavy atom. The highest BCUT2D eigenvalue weighted by Crippen LogP contribution is 2.33. The van der Waals surface area contributed by atoms with Gasteiger partial charge in [0.2, 0.25) is 0 Å². The summed E-state index contributed by atoms with van der Waals surface area (Å²) in [6.07, 6.45) is 1.04. The molecular weight excluding hydrogens is 278 g/mol. The number of hydrogen-bond acceptors (Lipinski definition) is 3. The minimum atomic E-state index is -0.547. The molecule has 1 fully saturated rings. The maximum Gasteiger partial charge on any atom is 0.130 e. The molecule has 1 aliphatic rings. The van der Waals surface area contributed by atoms with Crippen molar-refractivity contribution in [2.24, 2.45) is 5.73 Å². The van der Waals surface area contributed by atoms with Gasteiger partial charge in [-0.15, -0.1) is 0 Å². The lowest BCUT2D eigenvalue weighted by atomic mass is 10.0. The van der Waals surface area contributed by atoms with Gasteiger partial charge in [-0.3, -0.25) is 4.90 Å². The molecule has 2 nitrogen and oxygen atoms in total. The van der Waals surface area contributed by atoms with Crippen LogP contribution < -0.4 is 5.73 Å². The molecule has 0 aromatic heterocycles. The van der Waals surface area contributed by atoms with Gasteiger partial charge in [-0.25, -0.2) is 8.78 Å². The first kappa shape index (κ1) is 15.7. The highest BCUT2D eigenvalue weighted by molar-refractivity contribution is 8.00. The van der Waals surface area contributed by atoms with Crippen molar-refractivity contribution < 1.29 is 8.78 Å². The van der Waals surface area contributed by atoms with Gasteiger partial charge in [-0.1, -0.05) is 19.9 Å². The van der Waals surface area contributed by atoms with Crippen molar-refractivity contribution in [3.05, 3.63) is 35.4 Å². The lowest BCUT2D eigenvalue weighted by Crippen LogP contribution is -2.36. The molecule has 1 aromatic rings. The summed E-state index contributed by atoms with van der Waals surface area (Å²) in [5.74, 6) is -0.0436. The molecule has 0 bridgehead atoms. The van der Waals surface area contributed by atoms with Crippen molar-refractivity contribution in [2.45, 2.75) is 31.1 Å². The number of thioether (sulfide) groups is 1. The average molecular weight is 300 g/mol. The van der Waals surface area contributed by atoms with Crippen molar-refractivity contribution in [3.8, 4) is 0 Å². The Kier molecular flexibility index (Phi) is 5.04. The topological polar surface area (TPSA) is 29.3 Å². The molecule has 20 heavy (non-hydrogen) atoms. The third-order valence-electron chi connectivity index (χ3n) is 3.86. The molecule has 1 unspecified atom stereocenters. The Balaban J connectivity index is 2.19. The van der Waals surface area contributed by atoms with Crippen LogP contribution in [-0.4, -0.2) is 35.0 Å². The van der Waals surface area contributed by atoms with Gasteiger partial charge >= 0.3 is 0 Å². The van der Waals surface area contributed by atoms with Gasteiger partial charge in [0.15, 0.2) is 0 Å². The summed E-state index contributed by atoms with van der Waals surface area (Å²) in [5, 5.41) is 0. The SMILES string of the molecule is CC1(C)CCN(C(CN)c2ccc(F)cc2F)CCS1. The van der Waals surface area contributed by atoms with Gasteiger partial charge in [0.05, 0.1) is 0 Å². The molecule has 2 rings (SSSR count). The molecule has 1 aliphatic heterocycles. The third-order valence-corrected chi connectivity index (χ3v) is 5.23. The van der Waals surface area contributed by atoms with Crippen molar-refractivity contribution in [1.82, 2.24) is 4.90 Å². The predicted molar refractivity (Wildman–Crippen MR) is 80.9 cm³/mol. The number of benzene rings is 1. The maximum absolute atomic E-state index is 14.0. The first-order valence-corrected chi connectivity index (χ1v) is 7.94. The molecule has 0 amide bonds. The second-order valence-corrected chi connectivity index (χ2v) is 7.61. The number of hydrogen-bond donors (Lipinski definition) is 1. The molecular formula is C15H22F2N2S. The Morgan fingerprint density at radius 1 is 1.35 bits per heavy atom. The molecule has 0 spiro atoms. The summed E-state index contributed by atoms with van der Waals surface area (Å²) in [5.41, 5.74) is 6.35. The number of rotatable bonds is 3. The fourth-order valence-electron chi connectivity index (χ4n) is 2.59. The van der Waals surface area contributed by atoms with E-state index in [2.05, 4.69) is 18.7 Å². The predicted octanol–water partition coefficient (Wildman–Crippen LogP) is 3.18. The zero-order valence-electron chi connectivity index (χ0n) is 12.0. The third kappa shape index (κ3) is 3.71. The highest BCUT2D eigenvalue weighted by atomic mass is 32.2. The average Bonchev–Trinajstić information content (AvgIpc) is 2.54. The molecule has 0 radical (unpaired) electrons. The summed E-state index contributed by atoms with van der Waals surface area (Å²) >= 11 is 1.94. The van der Waals surface area contributed by atoms with Gasteiger partial charge in [0.25, 0.3) is 0 Å². The lowest BCUT2D eigenvalue weighted by Gasteiger charge is -2.30. The van der Waals surface area contributed by atoms with Crippen LogP contribution in [-0.2, 0) is 0 Å². The monoisotopic (exact) mass is 300 g/mol. The van der Waals surface area contributed by atoms with Gasteiger partial charge in [0, 0.05) is 47.8 Å². The summed E-state index contributed by atoms with van der Waals surface area (Å²) in [6.45, 7) is 6.58. The van der Waals surface area contributed by atoms with E-state index in [0.717, 1.165) is 31.3 Å². The maximum atomic E-state index is 14.0. The van der Waals surface area contributed by atoms with Crippen molar-refractivity contribution >= 4 is 11.8 Å². The normalized spacial score (nSPS) is 21.4. The standard InChI is InChI=1S/C15H22F2N2S/c1-15(2)5-6-19(7-8-20-15)14(10-18)12-4-3-11(16)9-13(12)17/h3-4,9,14H,5-8,10,18H2,1-2H3.